The predicted molar refractivity (Wildman–Crippen MR) is 52.6 cm³/mol. The molecule has 74 valence electrons. The first-order valence-electron chi connectivity index (χ1n) is 4.39. The number of nitrogens with zero attached hydrogens (tertiary/aromatic N) is 2. The van der Waals surface area contributed by atoms with E-state index in [9.17, 15) is 0 Å². The van der Waals surface area contributed by atoms with Gasteiger partial charge in [0.2, 0.25) is 0 Å². The van der Waals surface area contributed by atoms with Crippen LogP contribution in [-0.4, -0.2) is 26.7 Å². The summed E-state index contributed by atoms with van der Waals surface area (Å²) in [7, 11) is 0. The summed E-state index contributed by atoms with van der Waals surface area (Å²) in [6, 6.07) is 1.48. The molecule has 0 amide bonds. The third-order valence-corrected chi connectivity index (χ3v) is 2.04. The number of rotatable bonds is 2. The van der Waals surface area contributed by atoms with Crippen molar-refractivity contribution in [1.82, 2.24) is 15.0 Å². The number of H-pyrrole nitrogens is 1. The van der Waals surface area contributed by atoms with E-state index in [-0.39, 0.29) is 6.61 Å². The third-order valence-electron chi connectivity index (χ3n) is 2.04. The summed E-state index contributed by atoms with van der Waals surface area (Å²) in [4.78, 5) is 11.3. The summed E-state index contributed by atoms with van der Waals surface area (Å²) >= 11 is 0. The van der Waals surface area contributed by atoms with E-state index in [2.05, 4.69) is 15.0 Å². The minimum absolute atomic E-state index is 0.126. The van der Waals surface area contributed by atoms with Gasteiger partial charge >= 0.3 is 0 Å². The van der Waals surface area contributed by atoms with E-state index in [0.29, 0.717) is 11.5 Å². The fourth-order valence-corrected chi connectivity index (χ4v) is 1.29. The van der Waals surface area contributed by atoms with Crippen LogP contribution in [0.25, 0.3) is 11.2 Å². The summed E-state index contributed by atoms with van der Waals surface area (Å²) in [5.74, 6) is 0.570. The topological polar surface area (TPSA) is 87.8 Å². The first kappa shape index (κ1) is 9.11. The predicted octanol–water partition coefficient (Wildman–Crippen LogP) is 0.258. The summed E-state index contributed by atoms with van der Waals surface area (Å²) < 4.78 is 0. The molecule has 0 spiro atoms. The Morgan fingerprint density at radius 2 is 2.43 bits per heavy atom. The molecule has 5 heteroatoms. The second-order valence-corrected chi connectivity index (χ2v) is 3.29. The highest BCUT2D eigenvalue weighted by Gasteiger charge is 2.10. The lowest BCUT2D eigenvalue weighted by molar-refractivity contribution is 0.264. The molecule has 0 aromatic carbocycles. The molecule has 0 saturated heterocycles. The van der Waals surface area contributed by atoms with Gasteiger partial charge in [-0.2, -0.15) is 0 Å². The number of pyridine rings is 1. The van der Waals surface area contributed by atoms with E-state index in [4.69, 9.17) is 10.8 Å². The van der Waals surface area contributed by atoms with Gasteiger partial charge < -0.3 is 15.8 Å². The van der Waals surface area contributed by atoms with E-state index < -0.39 is 6.04 Å². The van der Waals surface area contributed by atoms with E-state index >= 15 is 0 Å². The molecule has 2 aromatic heterocycles. The number of aromatic amines is 1. The molecule has 2 heterocycles. The van der Waals surface area contributed by atoms with Crippen LogP contribution in [0.4, 0.5) is 0 Å². The van der Waals surface area contributed by atoms with Crippen molar-refractivity contribution in [3.8, 4) is 0 Å². The van der Waals surface area contributed by atoms with Gasteiger partial charge in [0.05, 0.1) is 18.2 Å². The van der Waals surface area contributed by atoms with Gasteiger partial charge in [-0.1, -0.05) is 0 Å². The normalized spacial score (nSPS) is 13.4. The molecule has 0 saturated carbocycles. The largest absolute Gasteiger partial charge is 0.394 e. The van der Waals surface area contributed by atoms with Crippen molar-refractivity contribution < 1.29 is 5.11 Å². The Labute approximate surface area is 81.0 Å². The average molecular weight is 192 g/mol. The van der Waals surface area contributed by atoms with Crippen molar-refractivity contribution in [3.05, 3.63) is 23.7 Å². The van der Waals surface area contributed by atoms with Crippen molar-refractivity contribution in [2.24, 2.45) is 5.73 Å². The van der Waals surface area contributed by atoms with Gasteiger partial charge in [-0.15, -0.1) is 0 Å². The molecule has 0 aliphatic heterocycles. The lowest BCUT2D eigenvalue weighted by Crippen LogP contribution is -2.15. The minimum Gasteiger partial charge on any atom is -0.394 e. The fraction of sp³-hybridized carbons (Fsp3) is 0.333. The molecule has 0 fully saturated rings. The maximum Gasteiger partial charge on any atom is 0.177 e. The van der Waals surface area contributed by atoms with Crippen LogP contribution < -0.4 is 5.73 Å². The molecule has 2 rings (SSSR count). The molecule has 5 nitrogen and oxygen atoms in total. The van der Waals surface area contributed by atoms with Gasteiger partial charge in [-0.25, -0.2) is 9.97 Å². The first-order valence-corrected chi connectivity index (χ1v) is 4.39. The lowest BCUT2D eigenvalue weighted by Gasteiger charge is -2.01. The van der Waals surface area contributed by atoms with Gasteiger partial charge in [0.15, 0.2) is 5.65 Å². The second-order valence-electron chi connectivity index (χ2n) is 3.29. The maximum absolute atomic E-state index is 8.86. The Bertz CT molecular complexity index is 451. The zero-order chi connectivity index (χ0) is 10.1. The Morgan fingerprint density at radius 3 is 3.14 bits per heavy atom. The Hall–Kier alpha value is -1.46. The van der Waals surface area contributed by atoms with Crippen LogP contribution in [0.3, 0.4) is 0 Å². The molecule has 0 radical (unpaired) electrons. The Kier molecular flexibility index (Phi) is 2.18. The van der Waals surface area contributed by atoms with Crippen LogP contribution in [-0.2, 0) is 0 Å². The van der Waals surface area contributed by atoms with Gasteiger partial charge in [0, 0.05) is 6.20 Å². The third kappa shape index (κ3) is 1.47. The highest BCUT2D eigenvalue weighted by molar-refractivity contribution is 5.71. The SMILES string of the molecule is Cc1cnc2nc(C(N)CO)[nH]c2c1. The van der Waals surface area contributed by atoms with Crippen molar-refractivity contribution in [2.45, 2.75) is 13.0 Å². The van der Waals surface area contributed by atoms with Crippen molar-refractivity contribution in [3.63, 3.8) is 0 Å². The van der Waals surface area contributed by atoms with Gasteiger partial charge in [0.1, 0.15) is 5.82 Å². The van der Waals surface area contributed by atoms with E-state index in [1.807, 2.05) is 13.0 Å². The van der Waals surface area contributed by atoms with Crippen molar-refractivity contribution in [1.29, 1.82) is 0 Å². The highest BCUT2D eigenvalue weighted by Crippen LogP contribution is 2.13. The molecule has 4 N–H and O–H groups in total. The highest BCUT2D eigenvalue weighted by atomic mass is 16.3. The quantitative estimate of drug-likeness (QED) is 0.636. The number of hydrogen-bond acceptors (Lipinski definition) is 4. The molecule has 1 atom stereocenters. The number of aromatic nitrogens is 3. The Balaban J connectivity index is 2.51. The van der Waals surface area contributed by atoms with Crippen molar-refractivity contribution in [2.75, 3.05) is 6.61 Å². The number of aliphatic hydroxyl groups is 1. The number of nitrogens with one attached hydrogen (secondary N) is 1. The van der Waals surface area contributed by atoms with E-state index in [0.717, 1.165) is 11.1 Å². The van der Waals surface area contributed by atoms with Crippen LogP contribution in [0, 0.1) is 6.92 Å². The molecule has 1 unspecified atom stereocenters. The first-order chi connectivity index (χ1) is 6.70. The summed E-state index contributed by atoms with van der Waals surface area (Å²) in [5, 5.41) is 8.86. The molecule has 0 aliphatic rings. The number of fused-ring (bicyclic) bond motifs is 1. The van der Waals surface area contributed by atoms with Crippen LogP contribution in [0.1, 0.15) is 17.4 Å². The van der Waals surface area contributed by atoms with Crippen LogP contribution in [0.2, 0.25) is 0 Å². The fourth-order valence-electron chi connectivity index (χ4n) is 1.29. The average Bonchev–Trinajstić information content (AvgIpc) is 2.59. The summed E-state index contributed by atoms with van der Waals surface area (Å²) in [5.41, 5.74) is 8.17. The molecule has 0 bridgehead atoms. The number of hydrogen-bond donors (Lipinski definition) is 3. The maximum atomic E-state index is 8.86. The lowest BCUT2D eigenvalue weighted by atomic mass is 10.3. The van der Waals surface area contributed by atoms with Crippen LogP contribution in [0.15, 0.2) is 12.3 Å². The van der Waals surface area contributed by atoms with Gasteiger partial charge in [-0.05, 0) is 18.6 Å². The number of aryl methyl sites for hydroxylation is 1. The zero-order valence-electron chi connectivity index (χ0n) is 7.86. The molecular weight excluding hydrogens is 180 g/mol. The summed E-state index contributed by atoms with van der Waals surface area (Å²) in [6.45, 7) is 1.83. The molecule has 2 aromatic rings. The number of aliphatic hydroxyl groups excluding tert-OH is 1. The van der Waals surface area contributed by atoms with Gasteiger partial charge in [-0.3, -0.25) is 0 Å². The van der Waals surface area contributed by atoms with E-state index in [1.54, 1.807) is 6.20 Å². The smallest absolute Gasteiger partial charge is 0.177 e. The standard InChI is InChI=1S/C9H12N4O/c1-5-2-7-9(11-3-5)13-8(12-7)6(10)4-14/h2-3,6,14H,4,10H2,1H3,(H,11,12,13). The van der Waals surface area contributed by atoms with Crippen molar-refractivity contribution >= 4 is 11.2 Å². The van der Waals surface area contributed by atoms with Crippen LogP contribution in [0.5, 0.6) is 0 Å². The molecule has 14 heavy (non-hydrogen) atoms. The second kappa shape index (κ2) is 3.36. The monoisotopic (exact) mass is 192 g/mol. The number of nitrogens with two attached hydrogens (primary N) is 1. The van der Waals surface area contributed by atoms with E-state index in [1.165, 1.54) is 0 Å². The zero-order valence-corrected chi connectivity index (χ0v) is 7.86. The molecule has 0 aliphatic carbocycles. The molecular formula is C9H12N4O. The summed E-state index contributed by atoms with van der Waals surface area (Å²) in [6.07, 6.45) is 1.75. The van der Waals surface area contributed by atoms with Gasteiger partial charge in [0.25, 0.3) is 0 Å². The Morgan fingerprint density at radius 1 is 1.64 bits per heavy atom. The number of imidazole rings is 1. The minimum atomic E-state index is -0.468. The van der Waals surface area contributed by atoms with Crippen LogP contribution >= 0.6 is 0 Å².